The van der Waals surface area contributed by atoms with E-state index < -0.39 is 14.9 Å². The van der Waals surface area contributed by atoms with Gasteiger partial charge in [0.25, 0.3) is 5.69 Å². The van der Waals surface area contributed by atoms with Gasteiger partial charge >= 0.3 is 0 Å². The fourth-order valence-electron chi connectivity index (χ4n) is 2.67. The second kappa shape index (κ2) is 6.08. The number of hydrogen-bond acceptors (Lipinski definition) is 5. The van der Waals surface area contributed by atoms with Crippen molar-refractivity contribution < 1.29 is 13.3 Å². The van der Waals surface area contributed by atoms with Crippen molar-refractivity contribution in [3.8, 4) is 0 Å². The van der Waals surface area contributed by atoms with Crippen LogP contribution in [-0.2, 0) is 10.0 Å². The van der Waals surface area contributed by atoms with Crippen LogP contribution >= 0.6 is 0 Å². The molecule has 1 aliphatic rings. The van der Waals surface area contributed by atoms with Gasteiger partial charge in [0.15, 0.2) is 0 Å². The second-order valence-electron chi connectivity index (χ2n) is 5.31. The molecule has 0 spiro atoms. The molecule has 116 valence electrons. The molecular formula is C13H19N3O4S. The zero-order chi connectivity index (χ0) is 15.6. The summed E-state index contributed by atoms with van der Waals surface area (Å²) in [6, 6.07) is 2.73. The van der Waals surface area contributed by atoms with Crippen molar-refractivity contribution in [1.29, 1.82) is 0 Å². The van der Waals surface area contributed by atoms with Crippen molar-refractivity contribution >= 4 is 15.7 Å². The normalized spacial score (nSPS) is 18.9. The minimum absolute atomic E-state index is 0.0959. The molecule has 1 heterocycles. The highest BCUT2D eigenvalue weighted by Gasteiger charge is 2.24. The van der Waals surface area contributed by atoms with Crippen LogP contribution in [0.2, 0.25) is 0 Å². The number of rotatable bonds is 5. The average molecular weight is 313 g/mol. The third-order valence-electron chi connectivity index (χ3n) is 3.61. The highest BCUT2D eigenvalue weighted by Crippen LogP contribution is 2.25. The Bertz CT molecular complexity index is 628. The largest absolute Gasteiger partial charge is 0.313 e. The molecule has 1 saturated heterocycles. The molecule has 0 bridgehead atoms. The van der Waals surface area contributed by atoms with Crippen molar-refractivity contribution in [3.05, 3.63) is 33.4 Å². The highest BCUT2D eigenvalue weighted by atomic mass is 32.2. The smallest absolute Gasteiger partial charge is 0.270 e. The molecule has 21 heavy (non-hydrogen) atoms. The Balaban J connectivity index is 2.24. The number of nitro benzene ring substituents is 1. The molecule has 2 rings (SSSR count). The molecule has 0 aromatic heterocycles. The first-order chi connectivity index (χ1) is 9.81. The Labute approximate surface area is 123 Å². The summed E-state index contributed by atoms with van der Waals surface area (Å²) in [5.74, 6) is 0. The lowest BCUT2D eigenvalue weighted by atomic mass is 10.1. The van der Waals surface area contributed by atoms with Crippen LogP contribution < -0.4 is 10.0 Å². The molecule has 0 saturated carbocycles. The summed E-state index contributed by atoms with van der Waals surface area (Å²) >= 11 is 0. The van der Waals surface area contributed by atoms with Crippen LogP contribution in [0.5, 0.6) is 0 Å². The summed E-state index contributed by atoms with van der Waals surface area (Å²) in [5.41, 5.74) is 0.670. The molecule has 7 nitrogen and oxygen atoms in total. The standard InChI is InChI=1S/C13H19N3O4S/c1-9-6-12(16(17)18)7-10(2)13(9)21(19,20)15-8-11-4-3-5-14-11/h6-7,11,14-15H,3-5,8H2,1-2H3. The van der Waals surface area contributed by atoms with Gasteiger partial charge in [0, 0.05) is 24.7 Å². The predicted molar refractivity (Wildman–Crippen MR) is 78.8 cm³/mol. The maximum Gasteiger partial charge on any atom is 0.270 e. The Morgan fingerprint density at radius 1 is 1.38 bits per heavy atom. The lowest BCUT2D eigenvalue weighted by Gasteiger charge is -2.15. The Hall–Kier alpha value is -1.51. The molecule has 8 heteroatoms. The molecule has 1 atom stereocenters. The summed E-state index contributed by atoms with van der Waals surface area (Å²) in [6.07, 6.45) is 1.99. The summed E-state index contributed by atoms with van der Waals surface area (Å²) in [6.45, 7) is 4.38. The Kier molecular flexibility index (Phi) is 4.60. The SMILES string of the molecule is Cc1cc([N+](=O)[O-])cc(C)c1S(=O)(=O)NCC1CCCN1. The molecule has 0 radical (unpaired) electrons. The summed E-state index contributed by atoms with van der Waals surface area (Å²) in [4.78, 5) is 10.4. The van der Waals surface area contributed by atoms with Gasteiger partial charge < -0.3 is 5.32 Å². The van der Waals surface area contributed by atoms with Crippen molar-refractivity contribution in [2.45, 2.75) is 37.6 Å². The number of aryl methyl sites for hydroxylation is 2. The molecule has 0 amide bonds. The van der Waals surface area contributed by atoms with E-state index in [9.17, 15) is 18.5 Å². The van der Waals surface area contributed by atoms with Crippen LogP contribution in [0, 0.1) is 24.0 Å². The fraction of sp³-hybridized carbons (Fsp3) is 0.538. The van der Waals surface area contributed by atoms with Gasteiger partial charge in [-0.25, -0.2) is 13.1 Å². The number of non-ortho nitro benzene ring substituents is 1. The lowest BCUT2D eigenvalue weighted by Crippen LogP contribution is -2.37. The Morgan fingerprint density at radius 2 is 2.00 bits per heavy atom. The summed E-state index contributed by atoms with van der Waals surface area (Å²) in [7, 11) is -3.66. The Morgan fingerprint density at radius 3 is 2.48 bits per heavy atom. The van der Waals surface area contributed by atoms with E-state index in [0.717, 1.165) is 19.4 Å². The van der Waals surface area contributed by atoms with Gasteiger partial charge in [-0.2, -0.15) is 0 Å². The summed E-state index contributed by atoms with van der Waals surface area (Å²) < 4.78 is 27.4. The van der Waals surface area contributed by atoms with Crippen molar-refractivity contribution in [3.63, 3.8) is 0 Å². The molecule has 1 aromatic carbocycles. The van der Waals surface area contributed by atoms with Crippen molar-refractivity contribution in [1.82, 2.24) is 10.0 Å². The van der Waals surface area contributed by atoms with E-state index in [0.29, 0.717) is 17.7 Å². The van der Waals surface area contributed by atoms with E-state index in [1.165, 1.54) is 12.1 Å². The fourth-order valence-corrected chi connectivity index (χ4v) is 4.20. The molecule has 1 aromatic rings. The molecular weight excluding hydrogens is 294 g/mol. The number of sulfonamides is 1. The number of hydrogen-bond donors (Lipinski definition) is 2. The third kappa shape index (κ3) is 3.58. The topological polar surface area (TPSA) is 101 Å². The van der Waals surface area contributed by atoms with Crippen molar-refractivity contribution in [2.24, 2.45) is 0 Å². The summed E-state index contributed by atoms with van der Waals surface area (Å²) in [5, 5.41) is 14.0. The van der Waals surface area contributed by atoms with Gasteiger partial charge in [-0.3, -0.25) is 10.1 Å². The van der Waals surface area contributed by atoms with E-state index in [1.807, 2.05) is 0 Å². The predicted octanol–water partition coefficient (Wildman–Crippen LogP) is 1.24. The minimum atomic E-state index is -3.66. The lowest BCUT2D eigenvalue weighted by molar-refractivity contribution is -0.385. The van der Waals surface area contributed by atoms with Crippen LogP contribution in [-0.4, -0.2) is 32.5 Å². The quantitative estimate of drug-likeness (QED) is 0.629. The van der Waals surface area contributed by atoms with Gasteiger partial charge in [0.1, 0.15) is 0 Å². The van der Waals surface area contributed by atoms with Gasteiger partial charge in [-0.05, 0) is 44.4 Å². The van der Waals surface area contributed by atoms with E-state index in [-0.39, 0.29) is 16.6 Å². The second-order valence-corrected chi connectivity index (χ2v) is 7.01. The van der Waals surface area contributed by atoms with Crippen molar-refractivity contribution in [2.75, 3.05) is 13.1 Å². The van der Waals surface area contributed by atoms with Gasteiger partial charge in [0.05, 0.1) is 9.82 Å². The first-order valence-corrected chi connectivity index (χ1v) is 8.28. The van der Waals surface area contributed by atoms with Crippen LogP contribution in [0.25, 0.3) is 0 Å². The molecule has 1 unspecified atom stereocenters. The van der Waals surface area contributed by atoms with Crippen LogP contribution in [0.1, 0.15) is 24.0 Å². The monoisotopic (exact) mass is 313 g/mol. The first kappa shape index (κ1) is 15.9. The molecule has 2 N–H and O–H groups in total. The first-order valence-electron chi connectivity index (χ1n) is 6.80. The van der Waals surface area contributed by atoms with Crippen LogP contribution in [0.15, 0.2) is 17.0 Å². The minimum Gasteiger partial charge on any atom is -0.313 e. The number of nitrogens with zero attached hydrogens (tertiary/aromatic N) is 1. The van der Waals surface area contributed by atoms with E-state index in [1.54, 1.807) is 13.8 Å². The van der Waals surface area contributed by atoms with E-state index >= 15 is 0 Å². The third-order valence-corrected chi connectivity index (χ3v) is 5.33. The van der Waals surface area contributed by atoms with Gasteiger partial charge in [0.2, 0.25) is 10.0 Å². The number of nitro groups is 1. The maximum absolute atomic E-state index is 12.4. The zero-order valence-corrected chi connectivity index (χ0v) is 12.9. The molecule has 1 fully saturated rings. The maximum atomic E-state index is 12.4. The van der Waals surface area contributed by atoms with Crippen LogP contribution in [0.4, 0.5) is 5.69 Å². The molecule has 1 aliphatic heterocycles. The number of nitrogens with one attached hydrogen (secondary N) is 2. The van der Waals surface area contributed by atoms with Crippen LogP contribution in [0.3, 0.4) is 0 Å². The molecule has 0 aliphatic carbocycles. The average Bonchev–Trinajstić information content (AvgIpc) is 2.88. The zero-order valence-electron chi connectivity index (χ0n) is 12.0. The highest BCUT2D eigenvalue weighted by molar-refractivity contribution is 7.89. The number of benzene rings is 1. The van der Waals surface area contributed by atoms with Gasteiger partial charge in [-0.15, -0.1) is 0 Å². The van der Waals surface area contributed by atoms with Gasteiger partial charge in [-0.1, -0.05) is 0 Å². The van der Waals surface area contributed by atoms with E-state index in [4.69, 9.17) is 0 Å². The van der Waals surface area contributed by atoms with E-state index in [2.05, 4.69) is 10.0 Å².